The highest BCUT2D eigenvalue weighted by Gasteiger charge is 2.05. The zero-order chi connectivity index (χ0) is 14.5. The number of carbonyl (C=O) groups is 1. The number of carbonyl (C=O) groups excluding carboxylic acids is 1. The van der Waals surface area contributed by atoms with E-state index in [1.54, 1.807) is 0 Å². The van der Waals surface area contributed by atoms with Crippen LogP contribution >= 0.6 is 31.9 Å². The molecule has 0 aliphatic rings. The normalized spacial score (nSPS) is 10.2. The Morgan fingerprint density at radius 3 is 2.55 bits per heavy atom. The second-order valence-electron chi connectivity index (χ2n) is 4.37. The van der Waals surface area contributed by atoms with E-state index < -0.39 is 0 Å². The van der Waals surface area contributed by atoms with Gasteiger partial charge in [-0.2, -0.15) is 0 Å². The summed E-state index contributed by atoms with van der Waals surface area (Å²) >= 11 is 6.80. The molecule has 0 heterocycles. The summed E-state index contributed by atoms with van der Waals surface area (Å²) in [5, 5.41) is 5.97. The molecule has 2 N–H and O–H groups in total. The largest absolute Gasteiger partial charge is 0.376 e. The maximum atomic E-state index is 11.9. The van der Waals surface area contributed by atoms with Gasteiger partial charge < -0.3 is 10.6 Å². The molecule has 0 bridgehead atoms. The van der Waals surface area contributed by atoms with Gasteiger partial charge in [0.05, 0.1) is 6.54 Å². The van der Waals surface area contributed by atoms with E-state index in [0.717, 1.165) is 25.9 Å². The standard InChI is InChI=1S/C15H14Br2N2O/c1-10-7-12(17)5-6-14(10)19-15(20)9-18-13-4-2-3-11(16)8-13/h2-8,18H,9H2,1H3,(H,19,20). The van der Waals surface area contributed by atoms with Gasteiger partial charge in [-0.25, -0.2) is 0 Å². The van der Waals surface area contributed by atoms with Crippen LogP contribution in [0.5, 0.6) is 0 Å². The van der Waals surface area contributed by atoms with Gasteiger partial charge in [0.15, 0.2) is 0 Å². The van der Waals surface area contributed by atoms with Crippen LogP contribution in [-0.2, 0) is 4.79 Å². The van der Waals surface area contributed by atoms with Crippen LogP contribution in [-0.4, -0.2) is 12.5 Å². The van der Waals surface area contributed by atoms with Crippen LogP contribution in [0.4, 0.5) is 11.4 Å². The Morgan fingerprint density at radius 1 is 1.10 bits per heavy atom. The molecule has 5 heteroatoms. The van der Waals surface area contributed by atoms with Crippen molar-refractivity contribution in [1.29, 1.82) is 0 Å². The van der Waals surface area contributed by atoms with Crippen LogP contribution in [0.1, 0.15) is 5.56 Å². The molecule has 0 saturated heterocycles. The number of hydrogen-bond donors (Lipinski definition) is 2. The number of hydrogen-bond acceptors (Lipinski definition) is 2. The Labute approximate surface area is 135 Å². The Bertz CT molecular complexity index is 629. The molecule has 0 unspecified atom stereocenters. The average Bonchev–Trinajstić information content (AvgIpc) is 2.40. The number of rotatable bonds is 4. The summed E-state index contributed by atoms with van der Waals surface area (Å²) in [6, 6.07) is 13.5. The molecular formula is C15H14Br2N2O. The second kappa shape index (κ2) is 6.90. The van der Waals surface area contributed by atoms with Crippen molar-refractivity contribution >= 4 is 49.1 Å². The van der Waals surface area contributed by atoms with Gasteiger partial charge >= 0.3 is 0 Å². The third kappa shape index (κ3) is 4.35. The summed E-state index contributed by atoms with van der Waals surface area (Å²) in [6.45, 7) is 2.19. The molecule has 20 heavy (non-hydrogen) atoms. The van der Waals surface area contributed by atoms with Gasteiger partial charge in [-0.1, -0.05) is 37.9 Å². The lowest BCUT2D eigenvalue weighted by molar-refractivity contribution is -0.114. The highest BCUT2D eigenvalue weighted by molar-refractivity contribution is 9.10. The molecule has 0 aromatic heterocycles. The molecule has 3 nitrogen and oxygen atoms in total. The van der Waals surface area contributed by atoms with Crippen molar-refractivity contribution in [2.45, 2.75) is 6.92 Å². The van der Waals surface area contributed by atoms with E-state index >= 15 is 0 Å². The molecule has 0 aliphatic carbocycles. The molecule has 0 radical (unpaired) electrons. The van der Waals surface area contributed by atoms with E-state index in [1.807, 2.05) is 49.4 Å². The summed E-state index contributed by atoms with van der Waals surface area (Å²) in [5.74, 6) is -0.0737. The fraction of sp³-hybridized carbons (Fsp3) is 0.133. The molecule has 0 fully saturated rings. The fourth-order valence-electron chi connectivity index (χ4n) is 1.74. The van der Waals surface area contributed by atoms with Gasteiger partial charge in [0.2, 0.25) is 5.91 Å². The van der Waals surface area contributed by atoms with Gasteiger partial charge in [0, 0.05) is 20.3 Å². The van der Waals surface area contributed by atoms with Crippen molar-refractivity contribution in [2.24, 2.45) is 0 Å². The maximum Gasteiger partial charge on any atom is 0.243 e. The van der Waals surface area contributed by atoms with Crippen molar-refractivity contribution in [1.82, 2.24) is 0 Å². The number of aryl methyl sites for hydroxylation is 1. The van der Waals surface area contributed by atoms with E-state index in [0.29, 0.717) is 0 Å². The average molecular weight is 398 g/mol. The highest BCUT2D eigenvalue weighted by Crippen LogP contribution is 2.20. The Hall–Kier alpha value is -1.33. The first kappa shape index (κ1) is 15.1. The van der Waals surface area contributed by atoms with Gasteiger partial charge in [-0.05, 0) is 48.9 Å². The minimum absolute atomic E-state index is 0.0737. The second-order valence-corrected chi connectivity index (χ2v) is 6.20. The van der Waals surface area contributed by atoms with E-state index in [4.69, 9.17) is 0 Å². The van der Waals surface area contributed by atoms with Crippen LogP contribution in [0.3, 0.4) is 0 Å². The molecule has 2 aromatic carbocycles. The zero-order valence-corrected chi connectivity index (χ0v) is 14.1. The van der Waals surface area contributed by atoms with E-state index in [1.165, 1.54) is 0 Å². The lowest BCUT2D eigenvalue weighted by atomic mass is 10.2. The summed E-state index contributed by atoms with van der Waals surface area (Å²) in [4.78, 5) is 11.9. The van der Waals surface area contributed by atoms with Crippen molar-refractivity contribution in [2.75, 3.05) is 17.2 Å². The SMILES string of the molecule is Cc1cc(Br)ccc1NC(=O)CNc1cccc(Br)c1. The molecule has 2 aromatic rings. The predicted molar refractivity (Wildman–Crippen MR) is 90.1 cm³/mol. The van der Waals surface area contributed by atoms with Crippen molar-refractivity contribution in [3.8, 4) is 0 Å². The zero-order valence-electron chi connectivity index (χ0n) is 10.9. The molecule has 0 saturated carbocycles. The molecular weight excluding hydrogens is 384 g/mol. The number of amides is 1. The summed E-state index contributed by atoms with van der Waals surface area (Å²) in [6.07, 6.45) is 0. The Kier molecular flexibility index (Phi) is 5.20. The van der Waals surface area contributed by atoms with Gasteiger partial charge in [0.25, 0.3) is 0 Å². The van der Waals surface area contributed by atoms with Crippen LogP contribution in [0.2, 0.25) is 0 Å². The van der Waals surface area contributed by atoms with E-state index in [-0.39, 0.29) is 12.5 Å². The third-order valence-electron chi connectivity index (χ3n) is 2.74. The first-order valence-corrected chi connectivity index (χ1v) is 7.68. The van der Waals surface area contributed by atoms with Crippen LogP contribution in [0.25, 0.3) is 0 Å². The first-order chi connectivity index (χ1) is 9.54. The Balaban J connectivity index is 1.92. The summed E-state index contributed by atoms with van der Waals surface area (Å²) in [7, 11) is 0. The first-order valence-electron chi connectivity index (χ1n) is 6.10. The van der Waals surface area contributed by atoms with Crippen molar-refractivity contribution in [3.05, 3.63) is 57.0 Å². The monoisotopic (exact) mass is 396 g/mol. The Morgan fingerprint density at radius 2 is 1.85 bits per heavy atom. The van der Waals surface area contributed by atoms with Crippen LogP contribution < -0.4 is 10.6 Å². The van der Waals surface area contributed by atoms with Gasteiger partial charge in [0.1, 0.15) is 0 Å². The van der Waals surface area contributed by atoms with Gasteiger partial charge in [-0.15, -0.1) is 0 Å². The van der Waals surface area contributed by atoms with Crippen molar-refractivity contribution < 1.29 is 4.79 Å². The number of halogens is 2. The lowest BCUT2D eigenvalue weighted by Gasteiger charge is -2.10. The minimum Gasteiger partial charge on any atom is -0.376 e. The lowest BCUT2D eigenvalue weighted by Crippen LogP contribution is -2.22. The van der Waals surface area contributed by atoms with E-state index in [9.17, 15) is 4.79 Å². The molecule has 2 rings (SSSR count). The molecule has 104 valence electrons. The molecule has 0 atom stereocenters. The number of anilines is 2. The predicted octanol–water partition coefficient (Wildman–Crippen LogP) is 4.57. The highest BCUT2D eigenvalue weighted by atomic mass is 79.9. The third-order valence-corrected chi connectivity index (χ3v) is 3.73. The topological polar surface area (TPSA) is 41.1 Å². The summed E-state index contributed by atoms with van der Waals surface area (Å²) < 4.78 is 1.98. The fourth-order valence-corrected chi connectivity index (χ4v) is 2.62. The molecule has 1 amide bonds. The van der Waals surface area contributed by atoms with Gasteiger partial charge in [-0.3, -0.25) is 4.79 Å². The molecule has 0 spiro atoms. The van der Waals surface area contributed by atoms with Crippen LogP contribution in [0, 0.1) is 6.92 Å². The number of benzene rings is 2. The minimum atomic E-state index is -0.0737. The maximum absolute atomic E-state index is 11.9. The quantitative estimate of drug-likeness (QED) is 0.793. The molecule has 0 aliphatic heterocycles. The smallest absolute Gasteiger partial charge is 0.243 e. The van der Waals surface area contributed by atoms with Crippen LogP contribution in [0.15, 0.2) is 51.4 Å². The van der Waals surface area contributed by atoms with E-state index in [2.05, 4.69) is 42.5 Å². The summed E-state index contributed by atoms with van der Waals surface area (Å²) in [5.41, 5.74) is 2.76. The van der Waals surface area contributed by atoms with Crippen molar-refractivity contribution in [3.63, 3.8) is 0 Å². The number of nitrogens with one attached hydrogen (secondary N) is 2.